The van der Waals surface area contributed by atoms with Crippen LogP contribution in [0.2, 0.25) is 0 Å². The molecule has 1 aliphatic heterocycles. The van der Waals surface area contributed by atoms with Gasteiger partial charge in [-0.15, -0.1) is 0 Å². The molecular weight excluding hydrogens is 414 g/mol. The van der Waals surface area contributed by atoms with Crippen LogP contribution in [0.4, 0.5) is 5.69 Å². The van der Waals surface area contributed by atoms with Gasteiger partial charge in [-0.3, -0.25) is 4.79 Å². The number of hydrogen-bond acceptors (Lipinski definition) is 5. The molecular formula is C23H31N3O4S. The van der Waals surface area contributed by atoms with E-state index in [-0.39, 0.29) is 11.7 Å². The summed E-state index contributed by atoms with van der Waals surface area (Å²) in [6, 6.07) is 17.4. The monoisotopic (exact) mass is 445 g/mol. The number of ether oxygens (including phenoxy) is 1. The number of nitrogens with one attached hydrogen (secondary N) is 1. The van der Waals surface area contributed by atoms with Crippen LogP contribution in [-0.2, 0) is 14.8 Å². The molecule has 0 radical (unpaired) electrons. The van der Waals surface area contributed by atoms with Crippen molar-refractivity contribution >= 4 is 21.6 Å². The van der Waals surface area contributed by atoms with Gasteiger partial charge < -0.3 is 15.0 Å². The van der Waals surface area contributed by atoms with E-state index in [4.69, 9.17) is 4.74 Å². The van der Waals surface area contributed by atoms with E-state index in [1.807, 2.05) is 24.3 Å². The summed E-state index contributed by atoms with van der Waals surface area (Å²) in [6.45, 7) is 6.32. The van der Waals surface area contributed by atoms with E-state index >= 15 is 0 Å². The maximum atomic E-state index is 12.7. The van der Waals surface area contributed by atoms with Gasteiger partial charge >= 0.3 is 0 Å². The molecule has 1 aliphatic rings. The average molecular weight is 446 g/mol. The molecule has 0 bridgehead atoms. The minimum Gasteiger partial charge on any atom is -0.481 e. The molecule has 1 N–H and O–H groups in total. The fourth-order valence-electron chi connectivity index (χ4n) is 3.54. The molecule has 1 heterocycles. The van der Waals surface area contributed by atoms with Crippen molar-refractivity contribution in [1.82, 2.24) is 9.62 Å². The van der Waals surface area contributed by atoms with Gasteiger partial charge in [0.2, 0.25) is 10.0 Å². The van der Waals surface area contributed by atoms with Crippen molar-refractivity contribution in [1.29, 1.82) is 0 Å². The van der Waals surface area contributed by atoms with Crippen LogP contribution >= 0.6 is 0 Å². The van der Waals surface area contributed by atoms with Gasteiger partial charge in [-0.05, 0) is 50.1 Å². The Hall–Kier alpha value is -2.58. The number of carbonyl (C=O) groups is 1. The molecule has 3 rings (SSSR count). The number of piperazine rings is 1. The van der Waals surface area contributed by atoms with E-state index < -0.39 is 16.1 Å². The second kappa shape index (κ2) is 10.6. The largest absolute Gasteiger partial charge is 0.481 e. The fourth-order valence-corrected chi connectivity index (χ4v) is 5.03. The summed E-state index contributed by atoms with van der Waals surface area (Å²) in [5, 5.41) is 2.76. The number of amides is 1. The number of aryl methyl sites for hydroxylation is 1. The first-order chi connectivity index (χ1) is 14.8. The second-order valence-electron chi connectivity index (χ2n) is 7.76. The topological polar surface area (TPSA) is 79.0 Å². The molecule has 2 aromatic carbocycles. The van der Waals surface area contributed by atoms with Crippen molar-refractivity contribution in [2.45, 2.75) is 26.4 Å². The highest BCUT2D eigenvalue weighted by atomic mass is 32.2. The molecule has 0 aromatic heterocycles. The van der Waals surface area contributed by atoms with Gasteiger partial charge in [-0.25, -0.2) is 8.42 Å². The molecule has 1 fully saturated rings. The average Bonchev–Trinajstić information content (AvgIpc) is 2.77. The van der Waals surface area contributed by atoms with Crippen molar-refractivity contribution < 1.29 is 17.9 Å². The zero-order valence-corrected chi connectivity index (χ0v) is 19.0. The van der Waals surface area contributed by atoms with E-state index in [1.54, 1.807) is 23.4 Å². The summed E-state index contributed by atoms with van der Waals surface area (Å²) in [6.07, 6.45) is -0.279. The van der Waals surface area contributed by atoms with Crippen LogP contribution < -0.4 is 15.0 Å². The Morgan fingerprint density at radius 1 is 1.06 bits per heavy atom. The molecule has 0 spiro atoms. The van der Waals surface area contributed by atoms with Crippen LogP contribution in [-0.4, -0.2) is 63.2 Å². The summed E-state index contributed by atoms with van der Waals surface area (Å²) >= 11 is 0. The van der Waals surface area contributed by atoms with E-state index in [0.717, 1.165) is 5.69 Å². The number of rotatable bonds is 9. The van der Waals surface area contributed by atoms with Crippen molar-refractivity contribution in [2.75, 3.05) is 43.4 Å². The maximum absolute atomic E-state index is 12.7. The summed E-state index contributed by atoms with van der Waals surface area (Å²) in [5.41, 5.74) is 2.32. The summed E-state index contributed by atoms with van der Waals surface area (Å²) in [7, 11) is -3.34. The van der Waals surface area contributed by atoms with Gasteiger partial charge in [0.25, 0.3) is 5.91 Å². The Morgan fingerprint density at radius 3 is 2.45 bits per heavy atom. The molecule has 1 saturated heterocycles. The van der Waals surface area contributed by atoms with Crippen LogP contribution in [0.5, 0.6) is 5.75 Å². The number of benzene rings is 2. The zero-order chi connectivity index (χ0) is 22.3. The predicted octanol–water partition coefficient (Wildman–Crippen LogP) is 2.42. The lowest BCUT2D eigenvalue weighted by Gasteiger charge is -2.35. The molecule has 1 unspecified atom stereocenters. The normalized spacial score (nSPS) is 16.0. The Bertz CT molecular complexity index is 958. The molecule has 0 saturated carbocycles. The third-order valence-corrected chi connectivity index (χ3v) is 7.26. The summed E-state index contributed by atoms with van der Waals surface area (Å²) in [4.78, 5) is 14.4. The molecule has 7 nitrogen and oxygen atoms in total. The number of sulfonamides is 1. The molecule has 1 atom stereocenters. The first-order valence-corrected chi connectivity index (χ1v) is 12.2. The fraction of sp³-hybridized carbons (Fsp3) is 0.435. The van der Waals surface area contributed by atoms with Gasteiger partial charge in [0, 0.05) is 38.4 Å². The van der Waals surface area contributed by atoms with Crippen molar-refractivity contribution in [2.24, 2.45) is 0 Å². The van der Waals surface area contributed by atoms with Crippen LogP contribution in [0.15, 0.2) is 54.6 Å². The number of carbonyl (C=O) groups excluding carboxylic acids is 1. The lowest BCUT2D eigenvalue weighted by atomic mass is 10.2. The SMILES string of the molecule is Cc1cccc(N2CCN(S(=O)(=O)CCCNC(=O)C(C)Oc3ccccc3)CC2)c1. The van der Waals surface area contributed by atoms with Gasteiger partial charge in [-0.1, -0.05) is 30.3 Å². The number of nitrogens with zero attached hydrogens (tertiary/aromatic N) is 2. The minimum absolute atomic E-state index is 0.0195. The van der Waals surface area contributed by atoms with Crippen LogP contribution in [0, 0.1) is 6.92 Å². The molecule has 1 amide bonds. The molecule has 31 heavy (non-hydrogen) atoms. The molecule has 2 aromatic rings. The molecule has 0 aliphatic carbocycles. The van der Waals surface area contributed by atoms with Gasteiger partial charge in [0.1, 0.15) is 5.75 Å². The van der Waals surface area contributed by atoms with Crippen LogP contribution in [0.25, 0.3) is 0 Å². The minimum atomic E-state index is -3.34. The quantitative estimate of drug-likeness (QED) is 0.600. The van der Waals surface area contributed by atoms with Crippen LogP contribution in [0.1, 0.15) is 18.9 Å². The number of hydrogen-bond donors (Lipinski definition) is 1. The van der Waals surface area contributed by atoms with Gasteiger partial charge in [0.05, 0.1) is 5.75 Å². The molecule has 168 valence electrons. The maximum Gasteiger partial charge on any atom is 0.260 e. The Kier molecular flexibility index (Phi) is 7.92. The second-order valence-corrected chi connectivity index (χ2v) is 9.85. The number of anilines is 1. The highest BCUT2D eigenvalue weighted by Crippen LogP contribution is 2.19. The van der Waals surface area contributed by atoms with E-state index in [9.17, 15) is 13.2 Å². The van der Waals surface area contributed by atoms with Gasteiger partial charge in [-0.2, -0.15) is 4.31 Å². The van der Waals surface area contributed by atoms with E-state index in [2.05, 4.69) is 35.3 Å². The Morgan fingerprint density at radius 2 is 1.77 bits per heavy atom. The van der Waals surface area contributed by atoms with Crippen molar-refractivity contribution in [3.05, 3.63) is 60.2 Å². The highest BCUT2D eigenvalue weighted by Gasteiger charge is 2.26. The lowest BCUT2D eigenvalue weighted by molar-refractivity contribution is -0.127. The molecule has 8 heteroatoms. The number of para-hydroxylation sites is 1. The predicted molar refractivity (Wildman–Crippen MR) is 123 cm³/mol. The Balaban J connectivity index is 1.39. The summed E-state index contributed by atoms with van der Waals surface area (Å²) < 4.78 is 32.5. The van der Waals surface area contributed by atoms with E-state index in [1.165, 1.54) is 5.56 Å². The highest BCUT2D eigenvalue weighted by molar-refractivity contribution is 7.89. The van der Waals surface area contributed by atoms with Crippen LogP contribution in [0.3, 0.4) is 0 Å². The van der Waals surface area contributed by atoms with Crippen molar-refractivity contribution in [3.8, 4) is 5.75 Å². The Labute approximate surface area is 185 Å². The van der Waals surface area contributed by atoms with Crippen molar-refractivity contribution in [3.63, 3.8) is 0 Å². The first kappa shape index (κ1) is 23.1. The first-order valence-electron chi connectivity index (χ1n) is 10.6. The third kappa shape index (κ3) is 6.70. The third-order valence-electron chi connectivity index (χ3n) is 5.30. The zero-order valence-electron chi connectivity index (χ0n) is 18.2. The lowest BCUT2D eigenvalue weighted by Crippen LogP contribution is -2.49. The smallest absolute Gasteiger partial charge is 0.260 e. The van der Waals surface area contributed by atoms with Gasteiger partial charge in [0.15, 0.2) is 6.10 Å². The summed E-state index contributed by atoms with van der Waals surface area (Å²) in [5.74, 6) is 0.386. The standard InChI is InChI=1S/C23H31N3O4S/c1-19-8-6-9-21(18-19)25-13-15-26(16-14-25)31(28,29)17-7-12-24-23(27)20(2)30-22-10-4-3-5-11-22/h3-6,8-11,18,20H,7,12-17H2,1-2H3,(H,24,27). The van der Waals surface area contributed by atoms with E-state index in [0.29, 0.717) is 44.9 Å².